The van der Waals surface area contributed by atoms with E-state index in [0.717, 1.165) is 64.2 Å². The molecule has 0 aromatic heterocycles. The first-order valence-electron chi connectivity index (χ1n) is 31.7. The van der Waals surface area contributed by atoms with Crippen LogP contribution in [0.25, 0.3) is 0 Å². The van der Waals surface area contributed by atoms with Gasteiger partial charge in [-0.1, -0.05) is 264 Å². The first-order chi connectivity index (χ1) is 36.6. The van der Waals surface area contributed by atoms with E-state index in [1.807, 2.05) is 0 Å². The molecule has 1 fully saturated rings. The summed E-state index contributed by atoms with van der Waals surface area (Å²) in [6, 6.07) is 0. The number of aliphatic carboxylic acids is 1. The highest BCUT2D eigenvalue weighted by Crippen LogP contribution is 2.27. The van der Waals surface area contributed by atoms with Gasteiger partial charge in [-0.2, -0.15) is 0 Å². The number of carboxylic acid groups (broad SMARTS) is 1. The third-order valence-electron chi connectivity index (χ3n) is 14.8. The predicted octanol–water partition coefficient (Wildman–Crippen LogP) is 16.5. The second-order valence-corrected chi connectivity index (χ2v) is 22.1. The Balaban J connectivity index is 2.62. The summed E-state index contributed by atoms with van der Waals surface area (Å²) in [5.74, 6) is -3.08. The lowest BCUT2D eigenvalue weighted by atomic mass is 9.98. The van der Waals surface area contributed by atoms with Gasteiger partial charge in [-0.05, 0) is 44.9 Å². The quantitative estimate of drug-likeness (QED) is 0.0228. The minimum absolute atomic E-state index is 0.0689. The lowest BCUT2D eigenvalue weighted by Crippen LogP contribution is -2.61. The second kappa shape index (κ2) is 52.2. The molecule has 0 spiro atoms. The van der Waals surface area contributed by atoms with Gasteiger partial charge in [0, 0.05) is 19.3 Å². The van der Waals surface area contributed by atoms with Crippen LogP contribution in [-0.4, -0.2) is 89.2 Å². The SMILES string of the molecule is CCCCCCCC/C=C\CCCCCCCCCC(=O)OCC(COC1OC(C(=O)O)C(O)C(O)C1OC(=O)CCCCCCCCCCCCCCCCCCC)OC(=O)CCCCCCCCCCCCC. The molecule has 12 nitrogen and oxygen atoms in total. The Labute approximate surface area is 458 Å². The van der Waals surface area contributed by atoms with Gasteiger partial charge in [0.25, 0.3) is 0 Å². The molecule has 0 aromatic carbocycles. The van der Waals surface area contributed by atoms with E-state index in [1.165, 1.54) is 193 Å². The molecule has 1 aliphatic rings. The highest BCUT2D eigenvalue weighted by Gasteiger charge is 2.50. The molecule has 1 saturated heterocycles. The molecule has 0 bridgehead atoms. The first-order valence-corrected chi connectivity index (χ1v) is 31.7. The van der Waals surface area contributed by atoms with Crippen LogP contribution in [0.2, 0.25) is 0 Å². The predicted molar refractivity (Wildman–Crippen MR) is 304 cm³/mol. The number of hydrogen-bond acceptors (Lipinski definition) is 11. The van der Waals surface area contributed by atoms with Crippen LogP contribution in [0.3, 0.4) is 0 Å². The van der Waals surface area contributed by atoms with Crippen LogP contribution in [0.1, 0.15) is 316 Å². The topological polar surface area (TPSA) is 175 Å². The number of aliphatic hydroxyl groups excluding tert-OH is 2. The van der Waals surface area contributed by atoms with Gasteiger partial charge in [0.1, 0.15) is 18.8 Å². The third-order valence-corrected chi connectivity index (χ3v) is 14.8. The van der Waals surface area contributed by atoms with E-state index >= 15 is 0 Å². The lowest BCUT2D eigenvalue weighted by molar-refractivity contribution is -0.301. The van der Waals surface area contributed by atoms with Gasteiger partial charge in [0.2, 0.25) is 0 Å². The summed E-state index contributed by atoms with van der Waals surface area (Å²) in [4.78, 5) is 51.2. The smallest absolute Gasteiger partial charge is 0.335 e. The van der Waals surface area contributed by atoms with E-state index in [2.05, 4.69) is 32.9 Å². The number of carbonyl (C=O) groups excluding carboxylic acids is 3. The van der Waals surface area contributed by atoms with E-state index in [-0.39, 0.29) is 25.9 Å². The van der Waals surface area contributed by atoms with Crippen LogP contribution in [-0.2, 0) is 42.9 Å². The van der Waals surface area contributed by atoms with E-state index in [1.54, 1.807) is 0 Å². The van der Waals surface area contributed by atoms with Crippen molar-refractivity contribution in [3.63, 3.8) is 0 Å². The molecule has 0 radical (unpaired) electrons. The van der Waals surface area contributed by atoms with Gasteiger partial charge < -0.3 is 39.0 Å². The Bertz CT molecular complexity index is 1360. The Morgan fingerprint density at radius 3 is 1.13 bits per heavy atom. The molecule has 1 rings (SSSR count). The molecule has 440 valence electrons. The number of rotatable bonds is 55. The maximum atomic E-state index is 13.1. The van der Waals surface area contributed by atoms with Crippen molar-refractivity contribution in [3.8, 4) is 0 Å². The maximum absolute atomic E-state index is 13.1. The summed E-state index contributed by atoms with van der Waals surface area (Å²) in [6.45, 7) is 6.03. The monoisotopic (exact) mass is 1060 g/mol. The molecule has 12 heteroatoms. The average Bonchev–Trinajstić information content (AvgIpc) is 3.39. The molecule has 6 unspecified atom stereocenters. The van der Waals surface area contributed by atoms with Crippen LogP contribution >= 0.6 is 0 Å². The lowest BCUT2D eigenvalue weighted by Gasteiger charge is -2.40. The minimum atomic E-state index is -1.90. The summed E-state index contributed by atoms with van der Waals surface area (Å²) in [7, 11) is 0. The van der Waals surface area contributed by atoms with Crippen LogP contribution in [0.15, 0.2) is 12.2 Å². The fourth-order valence-electron chi connectivity index (χ4n) is 9.95. The van der Waals surface area contributed by atoms with E-state index in [4.69, 9.17) is 23.7 Å². The number of esters is 3. The molecule has 0 aliphatic carbocycles. The molecule has 0 saturated carbocycles. The van der Waals surface area contributed by atoms with Crippen molar-refractivity contribution in [3.05, 3.63) is 12.2 Å². The number of aliphatic hydroxyl groups is 2. The van der Waals surface area contributed by atoms with Gasteiger partial charge in [0.05, 0.1) is 6.61 Å². The van der Waals surface area contributed by atoms with Gasteiger partial charge >= 0.3 is 23.9 Å². The number of carbonyl (C=O) groups is 4. The molecule has 3 N–H and O–H groups in total. The van der Waals surface area contributed by atoms with Crippen LogP contribution in [0.4, 0.5) is 0 Å². The van der Waals surface area contributed by atoms with Crippen molar-refractivity contribution in [2.75, 3.05) is 13.2 Å². The highest BCUT2D eigenvalue weighted by molar-refractivity contribution is 5.74. The summed E-state index contributed by atoms with van der Waals surface area (Å²) < 4.78 is 28.5. The molecule has 75 heavy (non-hydrogen) atoms. The number of ether oxygens (including phenoxy) is 5. The molecule has 1 heterocycles. The Kier molecular flexibility index (Phi) is 49.0. The average molecular weight is 1070 g/mol. The molecular weight excluding hydrogens is 949 g/mol. The zero-order valence-electron chi connectivity index (χ0n) is 48.6. The molecular formula is C63H116O12. The normalized spacial score (nSPS) is 18.1. The van der Waals surface area contributed by atoms with E-state index < -0.39 is 67.3 Å². The summed E-state index contributed by atoms with van der Waals surface area (Å²) in [6.07, 6.45) is 46.1. The number of hydrogen-bond donors (Lipinski definition) is 3. The Hall–Kier alpha value is -2.54. The summed E-state index contributed by atoms with van der Waals surface area (Å²) >= 11 is 0. The van der Waals surface area contributed by atoms with Crippen molar-refractivity contribution in [2.24, 2.45) is 0 Å². The zero-order chi connectivity index (χ0) is 54.7. The summed E-state index contributed by atoms with van der Waals surface area (Å²) in [5, 5.41) is 31.5. The number of unbranched alkanes of at least 4 members (excludes halogenated alkanes) is 39. The Morgan fingerprint density at radius 1 is 0.427 bits per heavy atom. The molecule has 6 atom stereocenters. The van der Waals surface area contributed by atoms with Crippen molar-refractivity contribution in [2.45, 2.75) is 353 Å². The fourth-order valence-corrected chi connectivity index (χ4v) is 9.95. The fraction of sp³-hybridized carbons (Fsp3) is 0.905. The van der Waals surface area contributed by atoms with Gasteiger partial charge in [-0.15, -0.1) is 0 Å². The van der Waals surface area contributed by atoms with Crippen molar-refractivity contribution < 1.29 is 58.2 Å². The summed E-state index contributed by atoms with van der Waals surface area (Å²) in [5.41, 5.74) is 0. The first kappa shape index (κ1) is 70.5. The third kappa shape index (κ3) is 42.1. The van der Waals surface area contributed by atoms with Crippen LogP contribution < -0.4 is 0 Å². The van der Waals surface area contributed by atoms with Crippen molar-refractivity contribution >= 4 is 23.9 Å². The molecule has 0 amide bonds. The van der Waals surface area contributed by atoms with Crippen molar-refractivity contribution in [1.82, 2.24) is 0 Å². The van der Waals surface area contributed by atoms with E-state index in [9.17, 15) is 34.5 Å². The number of allylic oxidation sites excluding steroid dienone is 2. The standard InChI is InChI=1S/C63H116O12/c1-4-7-10-13-16-19-22-24-26-28-30-32-35-37-40-43-46-49-55(64)71-52-54(73-56(65)50-47-44-41-38-34-21-18-15-12-9-6-3)53-72-63-61(59(68)58(67)60(75-63)62(69)70)74-57(66)51-48-45-42-39-36-33-31-29-27-25-23-20-17-14-11-8-5-2/h24,26,54,58-61,63,67-68H,4-23,25,27-53H2,1-3H3,(H,69,70)/b26-24-. The van der Waals surface area contributed by atoms with Crippen LogP contribution in [0.5, 0.6) is 0 Å². The minimum Gasteiger partial charge on any atom is -0.479 e. The van der Waals surface area contributed by atoms with Crippen molar-refractivity contribution in [1.29, 1.82) is 0 Å². The van der Waals surface area contributed by atoms with Gasteiger partial charge in [-0.3, -0.25) is 14.4 Å². The second-order valence-electron chi connectivity index (χ2n) is 22.1. The van der Waals surface area contributed by atoms with Crippen LogP contribution in [0, 0.1) is 0 Å². The number of carboxylic acids is 1. The van der Waals surface area contributed by atoms with E-state index in [0.29, 0.717) is 19.3 Å². The zero-order valence-corrected chi connectivity index (χ0v) is 48.6. The van der Waals surface area contributed by atoms with Gasteiger partial charge in [0.15, 0.2) is 24.6 Å². The Morgan fingerprint density at radius 2 is 0.760 bits per heavy atom. The largest absolute Gasteiger partial charge is 0.479 e. The molecule has 1 aliphatic heterocycles. The highest BCUT2D eigenvalue weighted by atomic mass is 16.7. The van der Waals surface area contributed by atoms with Gasteiger partial charge in [-0.25, -0.2) is 4.79 Å². The molecule has 0 aromatic rings. The maximum Gasteiger partial charge on any atom is 0.335 e.